The largest absolute Gasteiger partial charge is 0.378 e. The lowest BCUT2D eigenvalue weighted by Gasteiger charge is -2.27. The highest BCUT2D eigenvalue weighted by molar-refractivity contribution is 5.94. The number of benzene rings is 1. The Labute approximate surface area is 148 Å². The predicted molar refractivity (Wildman–Crippen MR) is 99.2 cm³/mol. The number of hydrogen-bond acceptors (Lipinski definition) is 5. The quantitative estimate of drug-likeness (QED) is 0.901. The molecule has 1 amide bonds. The molecule has 1 aromatic heterocycles. The number of anilines is 2. The highest BCUT2D eigenvalue weighted by Gasteiger charge is 2.13. The molecule has 0 atom stereocenters. The third-order valence-corrected chi connectivity index (χ3v) is 4.25. The number of hydrogen-bond donors (Lipinski definition) is 1. The molecular formula is C19H24N4O2. The van der Waals surface area contributed by atoms with E-state index >= 15 is 0 Å². The molecule has 0 radical (unpaired) electrons. The van der Waals surface area contributed by atoms with Crippen molar-refractivity contribution in [3.63, 3.8) is 0 Å². The first kappa shape index (κ1) is 17.2. The minimum atomic E-state index is -0.113. The minimum absolute atomic E-state index is 0.113. The summed E-state index contributed by atoms with van der Waals surface area (Å²) in [5.74, 6) is 0.775. The van der Waals surface area contributed by atoms with Gasteiger partial charge in [-0.1, -0.05) is 12.1 Å². The third-order valence-electron chi connectivity index (χ3n) is 4.25. The van der Waals surface area contributed by atoms with Crippen LogP contribution in [0.1, 0.15) is 15.9 Å². The van der Waals surface area contributed by atoms with E-state index < -0.39 is 0 Å². The van der Waals surface area contributed by atoms with Crippen molar-refractivity contribution in [2.45, 2.75) is 6.54 Å². The van der Waals surface area contributed by atoms with E-state index in [1.165, 1.54) is 0 Å². The van der Waals surface area contributed by atoms with Crippen LogP contribution in [-0.4, -0.2) is 51.3 Å². The van der Waals surface area contributed by atoms with E-state index in [9.17, 15) is 4.79 Å². The molecule has 0 spiro atoms. The predicted octanol–water partition coefficient (Wildman–Crippen LogP) is 1.91. The Morgan fingerprint density at radius 2 is 1.88 bits per heavy atom. The molecule has 6 nitrogen and oxygen atoms in total. The lowest BCUT2D eigenvalue weighted by Crippen LogP contribution is -2.36. The van der Waals surface area contributed by atoms with Crippen LogP contribution in [0.2, 0.25) is 0 Å². The summed E-state index contributed by atoms with van der Waals surface area (Å²) in [5.41, 5.74) is 2.77. The molecule has 1 aliphatic rings. The second-order valence-corrected chi connectivity index (χ2v) is 6.25. The van der Waals surface area contributed by atoms with E-state index in [1.54, 1.807) is 6.20 Å². The zero-order chi connectivity index (χ0) is 17.6. The van der Waals surface area contributed by atoms with Crippen molar-refractivity contribution >= 4 is 17.4 Å². The van der Waals surface area contributed by atoms with Gasteiger partial charge in [0.2, 0.25) is 0 Å². The van der Waals surface area contributed by atoms with Crippen molar-refractivity contribution < 1.29 is 9.53 Å². The first-order chi connectivity index (χ1) is 12.1. The van der Waals surface area contributed by atoms with Gasteiger partial charge in [-0.2, -0.15) is 0 Å². The summed E-state index contributed by atoms with van der Waals surface area (Å²) in [6.07, 6.45) is 1.63. The van der Waals surface area contributed by atoms with Crippen molar-refractivity contribution in [1.82, 2.24) is 10.3 Å². The minimum Gasteiger partial charge on any atom is -0.378 e. The summed E-state index contributed by atoms with van der Waals surface area (Å²) in [7, 11) is 4.01. The Bertz CT molecular complexity index is 692. The van der Waals surface area contributed by atoms with Crippen LogP contribution in [0.5, 0.6) is 0 Å². The number of amides is 1. The Morgan fingerprint density at radius 1 is 1.16 bits per heavy atom. The average Bonchev–Trinajstić information content (AvgIpc) is 2.67. The van der Waals surface area contributed by atoms with Crippen LogP contribution in [-0.2, 0) is 11.3 Å². The zero-order valence-corrected chi connectivity index (χ0v) is 14.7. The average molecular weight is 340 g/mol. The molecule has 132 valence electrons. The van der Waals surface area contributed by atoms with E-state index in [4.69, 9.17) is 4.74 Å². The van der Waals surface area contributed by atoms with E-state index in [0.717, 1.165) is 43.4 Å². The molecule has 1 aromatic carbocycles. The molecule has 2 heterocycles. The van der Waals surface area contributed by atoms with Gasteiger partial charge >= 0.3 is 0 Å². The Balaban J connectivity index is 1.55. The molecule has 2 aromatic rings. The van der Waals surface area contributed by atoms with Gasteiger partial charge in [0.25, 0.3) is 5.91 Å². The summed E-state index contributed by atoms with van der Waals surface area (Å²) in [5, 5.41) is 2.94. The highest BCUT2D eigenvalue weighted by Crippen LogP contribution is 2.14. The summed E-state index contributed by atoms with van der Waals surface area (Å²) in [4.78, 5) is 20.9. The van der Waals surface area contributed by atoms with Crippen molar-refractivity contribution in [2.75, 3.05) is 50.2 Å². The lowest BCUT2D eigenvalue weighted by atomic mass is 10.2. The number of carbonyl (C=O) groups is 1. The fourth-order valence-electron chi connectivity index (χ4n) is 2.70. The molecule has 3 rings (SSSR count). The number of ether oxygens (including phenoxy) is 1. The van der Waals surface area contributed by atoms with Gasteiger partial charge in [-0.15, -0.1) is 0 Å². The molecule has 1 fully saturated rings. The van der Waals surface area contributed by atoms with Gasteiger partial charge in [0.05, 0.1) is 18.8 Å². The SMILES string of the molecule is CN(C)c1ccc(CNC(=O)c2ccc(N3CCOCC3)nc2)cc1. The zero-order valence-electron chi connectivity index (χ0n) is 14.7. The Morgan fingerprint density at radius 3 is 2.48 bits per heavy atom. The van der Waals surface area contributed by atoms with Crippen LogP contribution < -0.4 is 15.1 Å². The van der Waals surface area contributed by atoms with Gasteiger partial charge in [0.1, 0.15) is 5.82 Å². The molecule has 0 unspecified atom stereocenters. The van der Waals surface area contributed by atoms with Gasteiger partial charge in [-0.25, -0.2) is 4.98 Å². The van der Waals surface area contributed by atoms with Gasteiger partial charge in [0.15, 0.2) is 0 Å². The number of nitrogens with zero attached hydrogens (tertiary/aromatic N) is 3. The number of carbonyl (C=O) groups excluding carboxylic acids is 1. The van der Waals surface area contributed by atoms with Crippen LogP contribution in [0.3, 0.4) is 0 Å². The second kappa shape index (κ2) is 7.98. The monoisotopic (exact) mass is 340 g/mol. The number of morpholine rings is 1. The molecular weight excluding hydrogens is 316 g/mol. The van der Waals surface area contributed by atoms with Crippen LogP contribution in [0.15, 0.2) is 42.6 Å². The molecule has 1 aliphatic heterocycles. The second-order valence-electron chi connectivity index (χ2n) is 6.25. The fraction of sp³-hybridized carbons (Fsp3) is 0.368. The summed E-state index contributed by atoms with van der Waals surface area (Å²) >= 11 is 0. The normalized spacial score (nSPS) is 14.2. The molecule has 25 heavy (non-hydrogen) atoms. The lowest BCUT2D eigenvalue weighted by molar-refractivity contribution is 0.0950. The number of pyridine rings is 1. The van der Waals surface area contributed by atoms with E-state index in [2.05, 4.69) is 15.2 Å². The first-order valence-electron chi connectivity index (χ1n) is 8.47. The van der Waals surface area contributed by atoms with Gasteiger partial charge in [0, 0.05) is 45.6 Å². The molecule has 0 saturated carbocycles. The summed E-state index contributed by atoms with van der Waals surface area (Å²) in [6.45, 7) is 3.60. The third kappa shape index (κ3) is 4.48. The van der Waals surface area contributed by atoms with E-state index in [-0.39, 0.29) is 5.91 Å². The van der Waals surface area contributed by atoms with Crippen LogP contribution in [0, 0.1) is 0 Å². The molecule has 1 N–H and O–H groups in total. The van der Waals surface area contributed by atoms with Gasteiger partial charge in [-0.3, -0.25) is 4.79 Å². The smallest absolute Gasteiger partial charge is 0.253 e. The van der Waals surface area contributed by atoms with Crippen LogP contribution in [0.25, 0.3) is 0 Å². The van der Waals surface area contributed by atoms with E-state index in [1.807, 2.05) is 55.4 Å². The molecule has 0 aliphatic carbocycles. The van der Waals surface area contributed by atoms with Crippen LogP contribution >= 0.6 is 0 Å². The number of rotatable bonds is 5. The van der Waals surface area contributed by atoms with Gasteiger partial charge in [-0.05, 0) is 29.8 Å². The number of aromatic nitrogens is 1. The fourth-order valence-corrected chi connectivity index (χ4v) is 2.70. The Hall–Kier alpha value is -2.60. The number of nitrogens with one attached hydrogen (secondary N) is 1. The van der Waals surface area contributed by atoms with E-state index in [0.29, 0.717) is 12.1 Å². The maximum absolute atomic E-state index is 12.3. The van der Waals surface area contributed by atoms with Gasteiger partial charge < -0.3 is 19.9 Å². The van der Waals surface area contributed by atoms with Crippen molar-refractivity contribution in [2.24, 2.45) is 0 Å². The highest BCUT2D eigenvalue weighted by atomic mass is 16.5. The maximum atomic E-state index is 12.3. The first-order valence-corrected chi connectivity index (χ1v) is 8.47. The summed E-state index contributed by atoms with van der Waals surface area (Å²) < 4.78 is 5.34. The molecule has 6 heteroatoms. The van der Waals surface area contributed by atoms with Crippen molar-refractivity contribution in [1.29, 1.82) is 0 Å². The van der Waals surface area contributed by atoms with Crippen molar-refractivity contribution in [3.8, 4) is 0 Å². The summed E-state index contributed by atoms with van der Waals surface area (Å²) in [6, 6.07) is 11.8. The van der Waals surface area contributed by atoms with Crippen molar-refractivity contribution in [3.05, 3.63) is 53.7 Å². The topological polar surface area (TPSA) is 57.7 Å². The molecule has 0 bridgehead atoms. The standard InChI is InChI=1S/C19H24N4O2/c1-22(2)17-6-3-15(4-7-17)13-21-19(24)16-5-8-18(20-14-16)23-9-11-25-12-10-23/h3-8,14H,9-13H2,1-2H3,(H,21,24). The Kier molecular flexibility index (Phi) is 5.50. The molecule has 1 saturated heterocycles. The maximum Gasteiger partial charge on any atom is 0.253 e. The van der Waals surface area contributed by atoms with Crippen LogP contribution in [0.4, 0.5) is 11.5 Å².